The largest absolute Gasteiger partial charge is 0.342 e. The number of rotatable bonds is 0. The molecule has 0 radical (unpaired) electrons. The molecule has 13 heavy (non-hydrogen) atoms. The Labute approximate surface area is 80.9 Å². The zero-order valence-corrected chi connectivity index (χ0v) is 9.07. The van der Waals surface area contributed by atoms with Gasteiger partial charge < -0.3 is 5.32 Å². The highest BCUT2D eigenvalue weighted by molar-refractivity contribution is 7.13. The number of hydrogen-bond donors (Lipinski definition) is 1. The summed E-state index contributed by atoms with van der Waals surface area (Å²) in [6.45, 7) is 2.68. The van der Waals surface area contributed by atoms with Crippen molar-refractivity contribution in [2.45, 2.75) is 18.4 Å². The van der Waals surface area contributed by atoms with Crippen LogP contribution in [0.4, 0.5) is 0 Å². The van der Waals surface area contributed by atoms with E-state index >= 15 is 0 Å². The fourth-order valence-corrected chi connectivity index (χ4v) is 2.44. The molecule has 2 rings (SSSR count). The fraction of sp³-hybridized carbons (Fsp3) is 0.875. The smallest absolute Gasteiger partial charge is 0.241 e. The highest BCUT2D eigenvalue weighted by atomic mass is 31.0. The molecule has 1 atom stereocenters. The number of carbonyl (C=O) groups is 1. The molecule has 4 nitrogen and oxygen atoms in total. The maximum absolute atomic E-state index is 11.7. The lowest BCUT2D eigenvalue weighted by molar-refractivity contribution is -0.128. The Morgan fingerprint density at radius 1 is 1.46 bits per heavy atom. The second-order valence-corrected chi connectivity index (χ2v) is 4.66. The van der Waals surface area contributed by atoms with Gasteiger partial charge in [0.15, 0.2) is 0 Å². The van der Waals surface area contributed by atoms with Crippen molar-refractivity contribution in [3.05, 3.63) is 0 Å². The first-order chi connectivity index (χ1) is 6.15. The van der Waals surface area contributed by atoms with E-state index in [-0.39, 0.29) is 11.4 Å². The molecule has 2 aliphatic rings. The minimum absolute atomic E-state index is 0.201. The number of hydrogen-bond acceptors (Lipinski definition) is 3. The van der Waals surface area contributed by atoms with Crippen molar-refractivity contribution in [2.75, 3.05) is 26.8 Å². The quantitative estimate of drug-likeness (QED) is 0.543. The van der Waals surface area contributed by atoms with Crippen LogP contribution in [-0.2, 0) is 4.79 Å². The minimum Gasteiger partial charge on any atom is -0.342 e. The molecule has 0 bridgehead atoms. The van der Waals surface area contributed by atoms with Crippen molar-refractivity contribution in [3.8, 4) is 0 Å². The summed E-state index contributed by atoms with van der Waals surface area (Å²) in [4.78, 5) is 13.8. The zero-order valence-electron chi connectivity index (χ0n) is 7.92. The summed E-state index contributed by atoms with van der Waals surface area (Å²) in [7, 11) is 4.73. The molecule has 2 heterocycles. The van der Waals surface area contributed by atoms with Crippen LogP contribution in [0, 0.1) is 0 Å². The van der Waals surface area contributed by atoms with E-state index in [4.69, 9.17) is 0 Å². The van der Waals surface area contributed by atoms with E-state index in [0.717, 1.165) is 25.9 Å². The molecule has 1 unspecified atom stereocenters. The highest BCUT2D eigenvalue weighted by Gasteiger charge is 2.47. The maximum Gasteiger partial charge on any atom is 0.241 e. The zero-order chi connectivity index (χ0) is 9.47. The minimum atomic E-state index is -0.201. The molecule has 1 N–H and O–H groups in total. The lowest BCUT2D eigenvalue weighted by atomic mass is 9.87. The topological polar surface area (TPSA) is 35.6 Å². The van der Waals surface area contributed by atoms with Gasteiger partial charge in [0.1, 0.15) is 5.54 Å². The maximum atomic E-state index is 11.7. The molecule has 1 amide bonds. The van der Waals surface area contributed by atoms with Gasteiger partial charge in [0, 0.05) is 13.1 Å². The first-order valence-corrected chi connectivity index (χ1v) is 5.16. The average Bonchev–Trinajstić information content (AvgIpc) is 2.39. The summed E-state index contributed by atoms with van der Waals surface area (Å²) in [5.74, 6) is 0.216. The Balaban J connectivity index is 2.15. The third kappa shape index (κ3) is 1.37. The molecular formula is C8H16N3OP. The molecule has 74 valence electrons. The van der Waals surface area contributed by atoms with Gasteiger partial charge in [0.2, 0.25) is 5.91 Å². The van der Waals surface area contributed by atoms with Gasteiger partial charge in [-0.2, -0.15) is 0 Å². The number of carbonyl (C=O) groups excluding carboxylic acids is 1. The van der Waals surface area contributed by atoms with Crippen LogP contribution in [0.1, 0.15) is 12.8 Å². The monoisotopic (exact) mass is 201 g/mol. The molecule has 1 spiro atoms. The number of nitrogens with one attached hydrogen (secondary N) is 1. The van der Waals surface area contributed by atoms with E-state index in [1.807, 2.05) is 7.05 Å². The van der Waals surface area contributed by atoms with Crippen molar-refractivity contribution in [1.82, 2.24) is 14.9 Å². The Morgan fingerprint density at radius 3 is 2.54 bits per heavy atom. The summed E-state index contributed by atoms with van der Waals surface area (Å²) < 4.78 is 2.20. The molecule has 0 saturated carbocycles. The van der Waals surface area contributed by atoms with Gasteiger partial charge in [-0.3, -0.25) is 14.4 Å². The van der Waals surface area contributed by atoms with E-state index in [2.05, 4.69) is 24.3 Å². The van der Waals surface area contributed by atoms with Crippen LogP contribution in [0.25, 0.3) is 0 Å². The number of likely N-dealkylation sites (N-methyl/N-ethyl adjacent to an activating group) is 1. The predicted molar refractivity (Wildman–Crippen MR) is 54.0 cm³/mol. The van der Waals surface area contributed by atoms with Crippen LogP contribution in [0.2, 0.25) is 0 Å². The van der Waals surface area contributed by atoms with Crippen LogP contribution < -0.4 is 5.32 Å². The van der Waals surface area contributed by atoms with E-state index in [0.29, 0.717) is 6.67 Å². The Kier molecular flexibility index (Phi) is 2.30. The molecule has 0 aromatic carbocycles. The molecule has 0 aliphatic carbocycles. The summed E-state index contributed by atoms with van der Waals surface area (Å²) in [6, 6.07) is 0. The lowest BCUT2D eigenvalue weighted by Gasteiger charge is -2.39. The van der Waals surface area contributed by atoms with Gasteiger partial charge in [-0.15, -0.1) is 0 Å². The summed E-state index contributed by atoms with van der Waals surface area (Å²) in [5.41, 5.74) is -0.201. The van der Waals surface area contributed by atoms with E-state index in [1.165, 1.54) is 0 Å². The normalized spacial score (nSPS) is 29.5. The second-order valence-electron chi connectivity index (χ2n) is 3.93. The Hall–Kier alpha value is -0.180. The van der Waals surface area contributed by atoms with E-state index in [1.54, 1.807) is 0 Å². The molecule has 2 aliphatic heterocycles. The van der Waals surface area contributed by atoms with E-state index < -0.39 is 0 Å². The van der Waals surface area contributed by atoms with Crippen LogP contribution in [0.15, 0.2) is 0 Å². The summed E-state index contributed by atoms with van der Waals surface area (Å²) in [6.07, 6.45) is 1.89. The molecule has 0 aromatic heterocycles. The van der Waals surface area contributed by atoms with Gasteiger partial charge in [-0.1, -0.05) is 9.39 Å². The van der Waals surface area contributed by atoms with Gasteiger partial charge >= 0.3 is 0 Å². The van der Waals surface area contributed by atoms with E-state index in [9.17, 15) is 4.79 Å². The molecular weight excluding hydrogens is 185 g/mol. The molecule has 5 heteroatoms. The van der Waals surface area contributed by atoms with Crippen molar-refractivity contribution in [3.63, 3.8) is 0 Å². The van der Waals surface area contributed by atoms with Gasteiger partial charge in [-0.25, -0.2) is 0 Å². The molecule has 2 saturated heterocycles. The van der Waals surface area contributed by atoms with Crippen molar-refractivity contribution >= 4 is 15.3 Å². The van der Waals surface area contributed by atoms with Gasteiger partial charge in [0.25, 0.3) is 0 Å². The van der Waals surface area contributed by atoms with Crippen molar-refractivity contribution in [1.29, 1.82) is 0 Å². The number of piperidine rings is 1. The third-order valence-electron chi connectivity index (χ3n) is 3.26. The summed E-state index contributed by atoms with van der Waals surface area (Å²) in [5, 5.41) is 2.91. The van der Waals surface area contributed by atoms with Crippen molar-refractivity contribution < 1.29 is 4.79 Å². The molecule has 2 fully saturated rings. The van der Waals surface area contributed by atoms with Crippen LogP contribution in [0.3, 0.4) is 0 Å². The van der Waals surface area contributed by atoms with Crippen LogP contribution >= 0.6 is 9.39 Å². The van der Waals surface area contributed by atoms with Crippen molar-refractivity contribution in [2.24, 2.45) is 0 Å². The third-order valence-corrected chi connectivity index (χ3v) is 3.77. The number of nitrogens with zero attached hydrogens (tertiary/aromatic N) is 2. The fourth-order valence-electron chi connectivity index (χ4n) is 2.18. The summed E-state index contributed by atoms with van der Waals surface area (Å²) >= 11 is 0. The van der Waals surface area contributed by atoms with Crippen LogP contribution in [-0.4, -0.2) is 47.8 Å². The van der Waals surface area contributed by atoms with Crippen LogP contribution in [0.5, 0.6) is 0 Å². The first-order valence-electron chi connectivity index (χ1n) is 4.64. The highest BCUT2D eigenvalue weighted by Crippen LogP contribution is 2.31. The first kappa shape index (κ1) is 9.38. The molecule has 0 aromatic rings. The average molecular weight is 201 g/mol. The number of amides is 1. The van der Waals surface area contributed by atoms with Gasteiger partial charge in [0.05, 0.1) is 6.67 Å². The predicted octanol–water partition coefficient (Wildman–Crippen LogP) is -0.370. The Morgan fingerprint density at radius 2 is 2.08 bits per heavy atom. The Bertz CT molecular complexity index is 225. The standard InChI is InChI=1S/C8H16N3OP/c1-10-6-9-7(12)8(10)2-4-11(13)5-3-8/h2-6,13H2,1H3,(H,9,12). The SMILES string of the molecule is CN1CNC(=O)C12CCN(P)CC2. The second kappa shape index (κ2) is 3.19. The van der Waals surface area contributed by atoms with Gasteiger partial charge in [-0.05, 0) is 19.9 Å². The lowest BCUT2D eigenvalue weighted by Crippen LogP contribution is -2.53.